The first-order chi connectivity index (χ1) is 13.6. The van der Waals surface area contributed by atoms with Crippen molar-refractivity contribution in [2.24, 2.45) is 0 Å². The maximum Gasteiger partial charge on any atom is 0.265 e. The van der Waals surface area contributed by atoms with Gasteiger partial charge in [0.15, 0.2) is 0 Å². The molecule has 0 saturated heterocycles. The molecule has 0 amide bonds. The summed E-state index contributed by atoms with van der Waals surface area (Å²) in [5, 5.41) is 9.22. The highest BCUT2D eigenvalue weighted by molar-refractivity contribution is 5.64. The molecule has 2 aliphatic heterocycles. The molecular formula is C25H29N3O. The molecule has 4 nitrogen and oxygen atoms in total. The van der Waals surface area contributed by atoms with Crippen LogP contribution in [0.1, 0.15) is 58.6 Å². The summed E-state index contributed by atoms with van der Waals surface area (Å²) in [5.41, 5.74) is 4.39. The third-order valence-corrected chi connectivity index (χ3v) is 5.32. The first-order valence-electron chi connectivity index (χ1n) is 10.1. The molecule has 0 radical (unpaired) electrons. The fourth-order valence-electron chi connectivity index (χ4n) is 4.06. The summed E-state index contributed by atoms with van der Waals surface area (Å²) in [5.74, 6) is 0.682. The summed E-state index contributed by atoms with van der Waals surface area (Å²) in [6, 6.07) is 8.62. The fourth-order valence-corrected chi connectivity index (χ4v) is 4.06. The van der Waals surface area contributed by atoms with Gasteiger partial charge < -0.3 is 9.64 Å². The molecule has 1 aromatic rings. The molecule has 0 atom stereocenters. The first-order valence-corrected chi connectivity index (χ1v) is 10.1. The fraction of sp³-hybridized carbons (Fsp3) is 0.440. The van der Waals surface area contributed by atoms with Crippen molar-refractivity contribution in [2.45, 2.75) is 65.0 Å². The van der Waals surface area contributed by atoms with Crippen LogP contribution in [0, 0.1) is 17.9 Å². The van der Waals surface area contributed by atoms with Gasteiger partial charge >= 0.3 is 0 Å². The minimum absolute atomic E-state index is 0.114. The molecule has 4 heteroatoms. The third-order valence-electron chi connectivity index (χ3n) is 5.32. The summed E-state index contributed by atoms with van der Waals surface area (Å²) < 4.78 is 6.06. The molecule has 29 heavy (non-hydrogen) atoms. The highest BCUT2D eigenvalue weighted by Gasteiger charge is 2.28. The Morgan fingerprint density at radius 2 is 2.07 bits per heavy atom. The second-order valence-corrected chi connectivity index (χ2v) is 9.33. The lowest BCUT2D eigenvalue weighted by Crippen LogP contribution is -2.44. The lowest BCUT2D eigenvalue weighted by atomic mass is 9.93. The van der Waals surface area contributed by atoms with E-state index in [4.69, 9.17) is 11.3 Å². The van der Waals surface area contributed by atoms with Crippen molar-refractivity contribution in [2.75, 3.05) is 11.4 Å². The predicted molar refractivity (Wildman–Crippen MR) is 118 cm³/mol. The normalized spacial score (nSPS) is 20.2. The Kier molecular flexibility index (Phi) is 5.58. The van der Waals surface area contributed by atoms with Crippen molar-refractivity contribution in [3.8, 4) is 6.07 Å². The van der Waals surface area contributed by atoms with Gasteiger partial charge in [-0.05, 0) is 88.4 Å². The maximum absolute atomic E-state index is 9.22. The van der Waals surface area contributed by atoms with Gasteiger partial charge in [0.1, 0.15) is 11.4 Å². The molecule has 0 N–H and O–H groups in total. The summed E-state index contributed by atoms with van der Waals surface area (Å²) in [6.45, 7) is 19.1. The zero-order chi connectivity index (χ0) is 21.2. The van der Waals surface area contributed by atoms with Crippen LogP contribution in [0.3, 0.4) is 0 Å². The van der Waals surface area contributed by atoms with Gasteiger partial charge in [0.25, 0.3) is 5.70 Å². The lowest BCUT2D eigenvalue weighted by molar-refractivity contribution is 0.0356. The van der Waals surface area contributed by atoms with Crippen molar-refractivity contribution < 1.29 is 4.74 Å². The van der Waals surface area contributed by atoms with E-state index in [1.165, 1.54) is 17.7 Å². The molecule has 1 aromatic carbocycles. The molecule has 3 rings (SSSR count). The molecule has 150 valence electrons. The second kappa shape index (κ2) is 7.80. The third kappa shape index (κ3) is 4.72. The minimum atomic E-state index is -0.445. The van der Waals surface area contributed by atoms with E-state index < -0.39 is 5.60 Å². The van der Waals surface area contributed by atoms with Gasteiger partial charge in [-0.3, -0.25) is 0 Å². The van der Waals surface area contributed by atoms with Gasteiger partial charge in [-0.1, -0.05) is 12.1 Å². The molecule has 0 fully saturated rings. The number of allylic oxidation sites excluding steroid dienone is 3. The number of hydrogen-bond acceptors (Lipinski definition) is 3. The first kappa shape index (κ1) is 20.7. The van der Waals surface area contributed by atoms with E-state index >= 15 is 0 Å². The summed E-state index contributed by atoms with van der Waals surface area (Å²) >= 11 is 0. The Bertz CT molecular complexity index is 959. The van der Waals surface area contributed by atoms with Gasteiger partial charge in [-0.2, -0.15) is 0 Å². The summed E-state index contributed by atoms with van der Waals surface area (Å²) in [6.07, 6.45) is 8.62. The largest absolute Gasteiger partial charge is 0.488 e. The van der Waals surface area contributed by atoms with Crippen LogP contribution in [0.4, 0.5) is 5.69 Å². The van der Waals surface area contributed by atoms with Crippen LogP contribution in [0.2, 0.25) is 0 Å². The van der Waals surface area contributed by atoms with E-state index in [0.29, 0.717) is 12.2 Å². The SMILES string of the molecule is [C-]#[N+]C(C#N)=C1C=C(C=Cc2ccc3c(c2)CCCN3C(C)(C)C)OC(C)(C)C1. The van der Waals surface area contributed by atoms with Crippen LogP contribution in [0.25, 0.3) is 10.9 Å². The Morgan fingerprint density at radius 1 is 1.31 bits per heavy atom. The van der Waals surface area contributed by atoms with Crippen molar-refractivity contribution in [3.05, 3.63) is 69.9 Å². The summed E-state index contributed by atoms with van der Waals surface area (Å²) in [4.78, 5) is 5.85. The smallest absolute Gasteiger partial charge is 0.265 e. The number of aryl methyl sites for hydroxylation is 1. The van der Waals surface area contributed by atoms with Crippen LogP contribution >= 0.6 is 0 Å². The molecule has 0 aromatic heterocycles. The van der Waals surface area contributed by atoms with E-state index in [-0.39, 0.29) is 11.2 Å². The molecule has 0 aliphatic carbocycles. The number of anilines is 1. The van der Waals surface area contributed by atoms with Gasteiger partial charge in [0, 0.05) is 24.2 Å². The molecule has 2 aliphatic rings. The second-order valence-electron chi connectivity index (χ2n) is 9.33. The number of hydrogen-bond donors (Lipinski definition) is 0. The van der Waals surface area contributed by atoms with E-state index in [2.05, 4.69) is 48.7 Å². The number of nitrogens with zero attached hydrogens (tertiary/aromatic N) is 3. The van der Waals surface area contributed by atoms with Gasteiger partial charge in [-0.15, -0.1) is 0 Å². The van der Waals surface area contributed by atoms with Crippen molar-refractivity contribution in [1.29, 1.82) is 5.26 Å². The average Bonchev–Trinajstić information content (AvgIpc) is 2.65. The monoisotopic (exact) mass is 387 g/mol. The lowest BCUT2D eigenvalue weighted by Gasteiger charge is -2.41. The van der Waals surface area contributed by atoms with Gasteiger partial charge in [0.2, 0.25) is 0 Å². The highest BCUT2D eigenvalue weighted by Crippen LogP contribution is 2.35. The molecule has 0 saturated carbocycles. The topological polar surface area (TPSA) is 40.6 Å². The van der Waals surface area contributed by atoms with Crippen LogP contribution in [-0.4, -0.2) is 17.7 Å². The number of ether oxygens (including phenoxy) is 1. The van der Waals surface area contributed by atoms with Gasteiger partial charge in [-0.25, -0.2) is 10.1 Å². The summed E-state index contributed by atoms with van der Waals surface area (Å²) in [7, 11) is 0. The average molecular weight is 388 g/mol. The van der Waals surface area contributed by atoms with Crippen molar-refractivity contribution >= 4 is 11.8 Å². The number of benzene rings is 1. The standard InChI is InChI=1S/C25H29N3O/c1-24(2,3)28-13-7-8-19-14-18(10-12-23(19)28)9-11-21-15-20(22(17-26)27-6)16-25(4,5)29-21/h9-12,14-15H,7-8,13,16H2,1-5H3. The molecule has 0 bridgehead atoms. The Labute approximate surface area is 174 Å². The number of rotatable bonds is 2. The van der Waals surface area contributed by atoms with Crippen LogP contribution in [-0.2, 0) is 11.2 Å². The number of nitriles is 1. The van der Waals surface area contributed by atoms with E-state index in [0.717, 1.165) is 24.1 Å². The molecule has 0 spiro atoms. The number of fused-ring (bicyclic) bond motifs is 1. The van der Waals surface area contributed by atoms with Crippen molar-refractivity contribution in [3.63, 3.8) is 0 Å². The Balaban J connectivity index is 1.90. The minimum Gasteiger partial charge on any atom is -0.488 e. The van der Waals surface area contributed by atoms with E-state index in [1.807, 2.05) is 38.1 Å². The Morgan fingerprint density at radius 3 is 2.72 bits per heavy atom. The van der Waals surface area contributed by atoms with Crippen LogP contribution < -0.4 is 4.90 Å². The van der Waals surface area contributed by atoms with E-state index in [9.17, 15) is 5.26 Å². The zero-order valence-corrected chi connectivity index (χ0v) is 18.0. The maximum atomic E-state index is 9.22. The van der Waals surface area contributed by atoms with Crippen molar-refractivity contribution in [1.82, 2.24) is 0 Å². The Hall–Kier alpha value is -2.98. The van der Waals surface area contributed by atoms with E-state index in [1.54, 1.807) is 0 Å². The quantitative estimate of drug-likeness (QED) is 0.459. The predicted octanol–water partition coefficient (Wildman–Crippen LogP) is 6.03. The zero-order valence-electron chi connectivity index (χ0n) is 18.0. The van der Waals surface area contributed by atoms with Crippen LogP contribution in [0.5, 0.6) is 0 Å². The molecule has 2 heterocycles. The highest BCUT2D eigenvalue weighted by atomic mass is 16.5. The van der Waals surface area contributed by atoms with Crippen LogP contribution in [0.15, 0.2) is 47.4 Å². The van der Waals surface area contributed by atoms with Gasteiger partial charge in [0.05, 0.1) is 12.6 Å². The molecular weight excluding hydrogens is 358 g/mol. The molecule has 0 unspecified atom stereocenters.